The molecule has 3 nitrogen and oxygen atoms in total. The number of hydrogen-bond donors (Lipinski definition) is 2. The highest BCUT2D eigenvalue weighted by Crippen LogP contribution is 2.44. The van der Waals surface area contributed by atoms with Crippen LogP contribution < -0.4 is 10.6 Å². The van der Waals surface area contributed by atoms with Gasteiger partial charge in [0.2, 0.25) is 5.91 Å². The summed E-state index contributed by atoms with van der Waals surface area (Å²) in [6.07, 6.45) is 6.23. The summed E-state index contributed by atoms with van der Waals surface area (Å²) in [5.41, 5.74) is 0.336. The van der Waals surface area contributed by atoms with Gasteiger partial charge in [-0.15, -0.1) is 0 Å². The Labute approximate surface area is 92.0 Å². The van der Waals surface area contributed by atoms with Crippen LogP contribution in [0.2, 0.25) is 0 Å². The van der Waals surface area contributed by atoms with Crippen molar-refractivity contribution in [2.45, 2.75) is 58.0 Å². The van der Waals surface area contributed by atoms with Crippen molar-refractivity contribution >= 4 is 5.91 Å². The quantitative estimate of drug-likeness (QED) is 0.737. The lowest BCUT2D eigenvalue weighted by molar-refractivity contribution is -0.120. The molecule has 0 aromatic heterocycles. The van der Waals surface area contributed by atoms with E-state index in [0.29, 0.717) is 24.0 Å². The van der Waals surface area contributed by atoms with Gasteiger partial charge in [-0.25, -0.2) is 0 Å². The van der Waals surface area contributed by atoms with E-state index in [9.17, 15) is 4.79 Å². The number of carbonyl (C=O) groups is 1. The Bertz CT molecular complexity index is 244. The molecule has 1 unspecified atom stereocenters. The normalized spacial score (nSPS) is 29.1. The van der Waals surface area contributed by atoms with Gasteiger partial charge in [-0.2, -0.15) is 0 Å². The molecule has 3 heteroatoms. The van der Waals surface area contributed by atoms with Crippen LogP contribution in [0.1, 0.15) is 46.0 Å². The molecule has 1 amide bonds. The SMILES string of the molecule is CC1(C)CC1NC(=O)CNC1CCCC1. The summed E-state index contributed by atoms with van der Waals surface area (Å²) in [4.78, 5) is 11.6. The van der Waals surface area contributed by atoms with Crippen LogP contribution in [0.15, 0.2) is 0 Å². The van der Waals surface area contributed by atoms with Gasteiger partial charge < -0.3 is 10.6 Å². The van der Waals surface area contributed by atoms with Crippen LogP contribution in [0.4, 0.5) is 0 Å². The highest BCUT2D eigenvalue weighted by molar-refractivity contribution is 5.78. The van der Waals surface area contributed by atoms with Gasteiger partial charge in [0, 0.05) is 12.1 Å². The van der Waals surface area contributed by atoms with Crippen molar-refractivity contribution in [1.29, 1.82) is 0 Å². The molecule has 15 heavy (non-hydrogen) atoms. The minimum absolute atomic E-state index is 0.164. The lowest BCUT2D eigenvalue weighted by atomic mass is 10.2. The van der Waals surface area contributed by atoms with Gasteiger partial charge in [0.1, 0.15) is 0 Å². The lowest BCUT2D eigenvalue weighted by Crippen LogP contribution is -2.39. The molecule has 86 valence electrons. The second-order valence-corrected chi connectivity index (χ2v) is 5.68. The Balaban J connectivity index is 1.61. The van der Waals surface area contributed by atoms with Gasteiger partial charge in [0.15, 0.2) is 0 Å². The van der Waals surface area contributed by atoms with Crippen molar-refractivity contribution in [2.24, 2.45) is 5.41 Å². The standard InChI is InChI=1S/C12H22N2O/c1-12(2)7-10(12)14-11(15)8-13-9-5-3-4-6-9/h9-10,13H,3-8H2,1-2H3,(H,14,15). The van der Waals surface area contributed by atoms with Crippen molar-refractivity contribution in [2.75, 3.05) is 6.54 Å². The van der Waals surface area contributed by atoms with Crippen LogP contribution in [0, 0.1) is 5.41 Å². The van der Waals surface area contributed by atoms with Gasteiger partial charge in [0.25, 0.3) is 0 Å². The Hall–Kier alpha value is -0.570. The molecule has 0 aromatic carbocycles. The molecule has 2 saturated carbocycles. The third-order valence-corrected chi connectivity index (χ3v) is 3.76. The maximum atomic E-state index is 11.6. The van der Waals surface area contributed by atoms with E-state index in [1.807, 2.05) is 0 Å². The van der Waals surface area contributed by atoms with Crippen LogP contribution in [0.3, 0.4) is 0 Å². The highest BCUT2D eigenvalue weighted by atomic mass is 16.2. The lowest BCUT2D eigenvalue weighted by Gasteiger charge is -2.12. The van der Waals surface area contributed by atoms with Crippen molar-refractivity contribution in [1.82, 2.24) is 10.6 Å². The average molecular weight is 210 g/mol. The molecule has 0 radical (unpaired) electrons. The molecule has 2 fully saturated rings. The monoisotopic (exact) mass is 210 g/mol. The number of amides is 1. The first kappa shape index (κ1) is 10.9. The summed E-state index contributed by atoms with van der Waals surface area (Å²) in [6, 6.07) is 0.998. The molecule has 2 rings (SSSR count). The predicted molar refractivity (Wildman–Crippen MR) is 60.6 cm³/mol. The first-order valence-electron chi connectivity index (χ1n) is 6.11. The van der Waals surface area contributed by atoms with Crippen molar-refractivity contribution in [3.63, 3.8) is 0 Å². The highest BCUT2D eigenvalue weighted by Gasteiger charge is 2.46. The molecule has 2 aliphatic carbocycles. The summed E-state index contributed by atoms with van der Waals surface area (Å²) in [5, 5.41) is 6.40. The third kappa shape index (κ3) is 2.94. The van der Waals surface area contributed by atoms with Crippen molar-refractivity contribution in [3.8, 4) is 0 Å². The van der Waals surface area contributed by atoms with E-state index in [-0.39, 0.29) is 5.91 Å². The Kier molecular flexibility index (Phi) is 3.01. The number of nitrogens with one attached hydrogen (secondary N) is 2. The third-order valence-electron chi connectivity index (χ3n) is 3.76. The minimum atomic E-state index is 0.164. The zero-order valence-corrected chi connectivity index (χ0v) is 9.81. The van der Waals surface area contributed by atoms with Gasteiger partial charge in [0.05, 0.1) is 6.54 Å². The summed E-state index contributed by atoms with van der Waals surface area (Å²) >= 11 is 0. The average Bonchev–Trinajstić information content (AvgIpc) is 2.65. The molecule has 2 N–H and O–H groups in total. The van der Waals surface area contributed by atoms with E-state index in [0.717, 1.165) is 6.42 Å². The molecular weight excluding hydrogens is 188 g/mol. The molecule has 0 heterocycles. The van der Waals surface area contributed by atoms with E-state index in [4.69, 9.17) is 0 Å². The molecule has 0 aliphatic heterocycles. The van der Waals surface area contributed by atoms with Gasteiger partial charge in [-0.05, 0) is 24.7 Å². The Morgan fingerprint density at radius 2 is 1.93 bits per heavy atom. The molecule has 0 aromatic rings. The summed E-state index contributed by atoms with van der Waals surface area (Å²) < 4.78 is 0. The predicted octanol–water partition coefficient (Wildman–Crippen LogP) is 1.43. The minimum Gasteiger partial charge on any atom is -0.352 e. The van der Waals surface area contributed by atoms with Gasteiger partial charge in [-0.3, -0.25) is 4.79 Å². The largest absolute Gasteiger partial charge is 0.352 e. The fourth-order valence-corrected chi connectivity index (χ4v) is 2.33. The topological polar surface area (TPSA) is 41.1 Å². The van der Waals surface area contributed by atoms with Crippen LogP contribution in [-0.4, -0.2) is 24.5 Å². The summed E-state index contributed by atoms with van der Waals surface area (Å²) in [7, 11) is 0. The van der Waals surface area contributed by atoms with E-state index in [2.05, 4.69) is 24.5 Å². The van der Waals surface area contributed by atoms with Gasteiger partial charge in [-0.1, -0.05) is 26.7 Å². The van der Waals surface area contributed by atoms with E-state index in [1.165, 1.54) is 25.7 Å². The zero-order chi connectivity index (χ0) is 10.9. The molecule has 0 spiro atoms. The smallest absolute Gasteiger partial charge is 0.234 e. The Morgan fingerprint density at radius 1 is 1.33 bits per heavy atom. The molecule has 2 aliphatic rings. The molecular formula is C12H22N2O. The van der Waals surface area contributed by atoms with E-state index >= 15 is 0 Å². The molecule has 1 atom stereocenters. The maximum absolute atomic E-state index is 11.6. The fraction of sp³-hybridized carbons (Fsp3) is 0.917. The number of hydrogen-bond acceptors (Lipinski definition) is 2. The van der Waals surface area contributed by atoms with Crippen LogP contribution in [0.25, 0.3) is 0 Å². The number of carbonyl (C=O) groups excluding carboxylic acids is 1. The second-order valence-electron chi connectivity index (χ2n) is 5.68. The number of rotatable bonds is 4. The fourth-order valence-electron chi connectivity index (χ4n) is 2.33. The zero-order valence-electron chi connectivity index (χ0n) is 9.81. The maximum Gasteiger partial charge on any atom is 0.234 e. The first-order chi connectivity index (χ1) is 7.08. The van der Waals surface area contributed by atoms with E-state index < -0.39 is 0 Å². The Morgan fingerprint density at radius 3 is 2.47 bits per heavy atom. The first-order valence-corrected chi connectivity index (χ1v) is 6.11. The second kappa shape index (κ2) is 4.12. The van der Waals surface area contributed by atoms with Crippen molar-refractivity contribution in [3.05, 3.63) is 0 Å². The summed E-state index contributed by atoms with van der Waals surface area (Å²) in [5.74, 6) is 0.164. The van der Waals surface area contributed by atoms with Gasteiger partial charge >= 0.3 is 0 Å². The summed E-state index contributed by atoms with van der Waals surface area (Å²) in [6.45, 7) is 4.89. The molecule has 0 bridgehead atoms. The van der Waals surface area contributed by atoms with Crippen LogP contribution in [-0.2, 0) is 4.79 Å². The molecule has 0 saturated heterocycles. The van der Waals surface area contributed by atoms with Crippen LogP contribution in [0.5, 0.6) is 0 Å². The van der Waals surface area contributed by atoms with Crippen LogP contribution >= 0.6 is 0 Å². The van der Waals surface area contributed by atoms with Crippen molar-refractivity contribution < 1.29 is 4.79 Å². The van der Waals surface area contributed by atoms with E-state index in [1.54, 1.807) is 0 Å².